The van der Waals surface area contributed by atoms with E-state index in [1.54, 1.807) is 0 Å². The second-order valence-corrected chi connectivity index (χ2v) is 7.12. The largest absolute Gasteiger partial charge is 2.00 e. The standard InChI is InChI=1S/C16H35O4P.Ca.2H/c1-3-5-7-9-11-13-15-19-21(17,18)20-16-14-12-10-8-6-4-2;;;/h3-16H2,1-2H3,(H,17,18);;;/q;+2;2*-1. The molecule has 1 N–H and O–H groups in total. The van der Waals surface area contributed by atoms with E-state index in [1.807, 2.05) is 0 Å². The number of hydrogen-bond acceptors (Lipinski definition) is 3. The van der Waals surface area contributed by atoms with Gasteiger partial charge in [-0.3, -0.25) is 9.05 Å². The van der Waals surface area contributed by atoms with Crippen LogP contribution in [0.15, 0.2) is 0 Å². The van der Waals surface area contributed by atoms with Crippen LogP contribution in [0.3, 0.4) is 0 Å². The number of hydrogen-bond donors (Lipinski definition) is 1. The summed E-state index contributed by atoms with van der Waals surface area (Å²) in [6.07, 6.45) is 13.6. The summed E-state index contributed by atoms with van der Waals surface area (Å²) in [4.78, 5) is 9.51. The number of rotatable bonds is 16. The van der Waals surface area contributed by atoms with Gasteiger partial charge in [-0.05, 0) is 12.8 Å². The van der Waals surface area contributed by atoms with E-state index in [9.17, 15) is 9.46 Å². The molecular formula is C16H37CaO4P. The maximum Gasteiger partial charge on any atom is 2.00 e. The van der Waals surface area contributed by atoms with Crippen LogP contribution in [0, 0.1) is 0 Å². The molecule has 0 spiro atoms. The molecular weight excluding hydrogens is 327 g/mol. The van der Waals surface area contributed by atoms with Gasteiger partial charge in [0.2, 0.25) is 0 Å². The first kappa shape index (κ1) is 25.6. The van der Waals surface area contributed by atoms with Crippen molar-refractivity contribution < 1.29 is 21.4 Å². The van der Waals surface area contributed by atoms with Crippen molar-refractivity contribution in [1.29, 1.82) is 0 Å². The predicted octanol–water partition coefficient (Wildman–Crippen LogP) is 5.69. The van der Waals surface area contributed by atoms with E-state index in [0.717, 1.165) is 25.7 Å². The van der Waals surface area contributed by atoms with Crippen LogP contribution >= 0.6 is 7.82 Å². The van der Waals surface area contributed by atoms with Crippen molar-refractivity contribution in [1.82, 2.24) is 0 Å². The molecule has 0 radical (unpaired) electrons. The first-order chi connectivity index (χ1) is 10.1. The van der Waals surface area contributed by atoms with Crippen LogP contribution < -0.4 is 0 Å². The van der Waals surface area contributed by atoms with Crippen LogP contribution in [-0.2, 0) is 13.6 Å². The Hall–Kier alpha value is 1.37. The molecule has 0 saturated carbocycles. The predicted molar refractivity (Wildman–Crippen MR) is 96.5 cm³/mol. The maximum atomic E-state index is 11.6. The van der Waals surface area contributed by atoms with Gasteiger partial charge in [0, 0.05) is 0 Å². The minimum Gasteiger partial charge on any atom is -1.00 e. The van der Waals surface area contributed by atoms with E-state index < -0.39 is 7.82 Å². The van der Waals surface area contributed by atoms with E-state index in [0.29, 0.717) is 13.2 Å². The van der Waals surface area contributed by atoms with Crippen LogP contribution in [0.2, 0.25) is 0 Å². The van der Waals surface area contributed by atoms with Gasteiger partial charge < -0.3 is 7.75 Å². The molecule has 0 bridgehead atoms. The molecule has 6 heteroatoms. The summed E-state index contributed by atoms with van der Waals surface area (Å²) in [6, 6.07) is 0. The van der Waals surface area contributed by atoms with E-state index in [-0.39, 0.29) is 40.6 Å². The first-order valence-electron chi connectivity index (χ1n) is 8.74. The summed E-state index contributed by atoms with van der Waals surface area (Å²) in [7, 11) is -3.82. The Morgan fingerprint density at radius 1 is 0.727 bits per heavy atom. The van der Waals surface area contributed by atoms with Crippen molar-refractivity contribution >= 4 is 45.6 Å². The van der Waals surface area contributed by atoms with Crippen molar-refractivity contribution in [2.75, 3.05) is 13.2 Å². The first-order valence-corrected chi connectivity index (χ1v) is 10.2. The molecule has 0 aliphatic rings. The van der Waals surface area contributed by atoms with Gasteiger partial charge in [-0.15, -0.1) is 0 Å². The second-order valence-electron chi connectivity index (χ2n) is 5.67. The van der Waals surface area contributed by atoms with E-state index >= 15 is 0 Å². The normalized spacial score (nSPS) is 11.4. The molecule has 4 nitrogen and oxygen atoms in total. The molecule has 0 saturated heterocycles. The minimum absolute atomic E-state index is 0. The van der Waals surface area contributed by atoms with E-state index in [2.05, 4.69) is 13.8 Å². The van der Waals surface area contributed by atoms with Crippen molar-refractivity contribution in [2.24, 2.45) is 0 Å². The van der Waals surface area contributed by atoms with Gasteiger partial charge in [0.25, 0.3) is 0 Å². The van der Waals surface area contributed by atoms with Gasteiger partial charge in [0.15, 0.2) is 0 Å². The molecule has 0 amide bonds. The summed E-state index contributed by atoms with van der Waals surface area (Å²) >= 11 is 0. The second kappa shape index (κ2) is 18.7. The van der Waals surface area contributed by atoms with E-state index in [4.69, 9.17) is 9.05 Å². The fourth-order valence-corrected chi connectivity index (χ4v) is 2.96. The quantitative estimate of drug-likeness (QED) is 0.217. The van der Waals surface area contributed by atoms with Crippen LogP contribution in [0.5, 0.6) is 0 Å². The molecule has 0 heterocycles. The van der Waals surface area contributed by atoms with Gasteiger partial charge >= 0.3 is 45.6 Å². The monoisotopic (exact) mass is 364 g/mol. The van der Waals surface area contributed by atoms with Gasteiger partial charge in [-0.25, -0.2) is 4.57 Å². The van der Waals surface area contributed by atoms with Crippen molar-refractivity contribution in [2.45, 2.75) is 90.9 Å². The van der Waals surface area contributed by atoms with Crippen LogP contribution in [-0.4, -0.2) is 55.8 Å². The third-order valence-electron chi connectivity index (χ3n) is 3.50. The molecule has 0 rings (SSSR count). The Labute approximate surface area is 170 Å². The SMILES string of the molecule is CCCCCCCCOP(=O)(O)OCCCCCCCC.[Ca+2].[H-].[H-]. The summed E-state index contributed by atoms with van der Waals surface area (Å²) < 4.78 is 21.5. The molecule has 0 aromatic carbocycles. The van der Waals surface area contributed by atoms with Crippen molar-refractivity contribution in [3.05, 3.63) is 0 Å². The topological polar surface area (TPSA) is 55.8 Å². The molecule has 132 valence electrons. The van der Waals surface area contributed by atoms with Gasteiger partial charge in [0.1, 0.15) is 0 Å². The van der Waals surface area contributed by atoms with Crippen LogP contribution in [0.25, 0.3) is 0 Å². The Balaban J connectivity index is -0.000000667. The number of phosphoric acid groups is 1. The zero-order valence-electron chi connectivity index (χ0n) is 16.7. The minimum atomic E-state index is -3.82. The zero-order valence-corrected chi connectivity index (χ0v) is 17.8. The Bertz CT molecular complexity index is 252. The average Bonchev–Trinajstić information content (AvgIpc) is 2.45. The number of phosphoric ester groups is 1. The van der Waals surface area contributed by atoms with E-state index in [1.165, 1.54) is 51.4 Å². The molecule has 0 atom stereocenters. The summed E-state index contributed by atoms with van der Waals surface area (Å²) in [5, 5.41) is 0. The van der Waals surface area contributed by atoms with Crippen molar-refractivity contribution in [3.8, 4) is 0 Å². The van der Waals surface area contributed by atoms with Crippen LogP contribution in [0.4, 0.5) is 0 Å². The molecule has 0 unspecified atom stereocenters. The Morgan fingerprint density at radius 3 is 1.41 bits per heavy atom. The molecule has 0 fully saturated rings. The Kier molecular flexibility index (Phi) is 21.8. The molecule has 0 aliphatic heterocycles. The van der Waals surface area contributed by atoms with Crippen molar-refractivity contribution in [3.63, 3.8) is 0 Å². The molecule has 22 heavy (non-hydrogen) atoms. The third kappa shape index (κ3) is 19.4. The smallest absolute Gasteiger partial charge is 1.00 e. The summed E-state index contributed by atoms with van der Waals surface area (Å²) in [6.45, 7) is 5.01. The van der Waals surface area contributed by atoms with Gasteiger partial charge in [-0.1, -0.05) is 78.1 Å². The molecule has 0 aliphatic carbocycles. The maximum absolute atomic E-state index is 11.6. The van der Waals surface area contributed by atoms with Gasteiger partial charge in [0.05, 0.1) is 13.2 Å². The average molecular weight is 365 g/mol. The molecule has 0 aromatic heterocycles. The zero-order chi connectivity index (χ0) is 15.8. The Morgan fingerprint density at radius 2 is 1.05 bits per heavy atom. The van der Waals surface area contributed by atoms with Gasteiger partial charge in [-0.2, -0.15) is 0 Å². The fraction of sp³-hybridized carbons (Fsp3) is 1.00. The summed E-state index contributed by atoms with van der Waals surface area (Å²) in [5.41, 5.74) is 0. The molecule has 0 aromatic rings. The summed E-state index contributed by atoms with van der Waals surface area (Å²) in [5.74, 6) is 0. The third-order valence-corrected chi connectivity index (χ3v) is 4.52. The number of unbranched alkanes of at least 4 members (excludes halogenated alkanes) is 10. The van der Waals surface area contributed by atoms with Crippen LogP contribution in [0.1, 0.15) is 93.8 Å². The fourth-order valence-electron chi connectivity index (χ4n) is 2.16.